The molecule has 0 radical (unpaired) electrons. The Morgan fingerprint density at radius 3 is 2.83 bits per heavy atom. The van der Waals surface area contributed by atoms with Gasteiger partial charge < -0.3 is 5.32 Å². The minimum Gasteiger partial charge on any atom is -0.316 e. The van der Waals surface area contributed by atoms with Gasteiger partial charge in [0.2, 0.25) is 5.91 Å². The number of hydrogen-bond donors (Lipinski definition) is 1. The van der Waals surface area contributed by atoms with E-state index in [4.69, 9.17) is 0 Å². The molecule has 2 aliphatic rings. The summed E-state index contributed by atoms with van der Waals surface area (Å²) in [7, 11) is 0. The molecule has 0 saturated heterocycles. The van der Waals surface area contributed by atoms with Gasteiger partial charge in [-0.05, 0) is 30.4 Å². The Balaban J connectivity index is 1.52. The molecule has 1 fully saturated rings. The molecule has 1 aromatic carbocycles. The van der Waals surface area contributed by atoms with Crippen molar-refractivity contribution >= 4 is 22.2 Å². The van der Waals surface area contributed by atoms with Crippen molar-refractivity contribution in [3.63, 3.8) is 0 Å². The van der Waals surface area contributed by atoms with Crippen LogP contribution in [0.1, 0.15) is 34.4 Å². The van der Waals surface area contributed by atoms with Gasteiger partial charge in [0.25, 0.3) is 0 Å². The summed E-state index contributed by atoms with van der Waals surface area (Å²) < 4.78 is 0. The van der Waals surface area contributed by atoms with E-state index in [0.717, 1.165) is 49.5 Å². The van der Waals surface area contributed by atoms with Gasteiger partial charge in [-0.3, -0.25) is 9.69 Å². The topological polar surface area (TPSA) is 56.1 Å². The van der Waals surface area contributed by atoms with Crippen LogP contribution >= 0.6 is 11.3 Å². The Morgan fingerprint density at radius 1 is 1.33 bits per heavy atom. The van der Waals surface area contributed by atoms with E-state index < -0.39 is 0 Å². The van der Waals surface area contributed by atoms with Crippen LogP contribution in [-0.2, 0) is 24.3 Å². The van der Waals surface area contributed by atoms with Crippen molar-refractivity contribution in [3.8, 4) is 6.07 Å². The highest BCUT2D eigenvalue weighted by molar-refractivity contribution is 7.16. The van der Waals surface area contributed by atoms with Crippen molar-refractivity contribution in [2.24, 2.45) is 5.92 Å². The molecule has 24 heavy (non-hydrogen) atoms. The molecule has 0 unspecified atom stereocenters. The number of benzene rings is 1. The summed E-state index contributed by atoms with van der Waals surface area (Å²) in [6.45, 7) is 2.72. The fourth-order valence-corrected chi connectivity index (χ4v) is 4.44. The van der Waals surface area contributed by atoms with Crippen LogP contribution in [0.3, 0.4) is 0 Å². The molecule has 2 heterocycles. The molecule has 2 aromatic rings. The Bertz CT molecular complexity index is 802. The van der Waals surface area contributed by atoms with E-state index in [1.54, 1.807) is 11.3 Å². The highest BCUT2D eigenvalue weighted by Crippen LogP contribution is 2.38. The number of hydrogen-bond acceptors (Lipinski definition) is 4. The SMILES string of the molecule is N#Cc1c(NC(=O)C2CC2)sc2c1CCN(Cc1ccccc1)C2. The average molecular weight is 337 g/mol. The lowest BCUT2D eigenvalue weighted by Crippen LogP contribution is -2.29. The zero-order valence-corrected chi connectivity index (χ0v) is 14.2. The molecule has 0 spiro atoms. The van der Waals surface area contributed by atoms with Crippen LogP contribution in [0.15, 0.2) is 30.3 Å². The molecule has 1 aromatic heterocycles. The molecule has 4 rings (SSSR count). The van der Waals surface area contributed by atoms with Crippen LogP contribution in [0.5, 0.6) is 0 Å². The van der Waals surface area contributed by atoms with E-state index in [1.807, 2.05) is 6.07 Å². The largest absolute Gasteiger partial charge is 0.316 e. The van der Waals surface area contributed by atoms with Crippen molar-refractivity contribution in [2.75, 3.05) is 11.9 Å². The summed E-state index contributed by atoms with van der Waals surface area (Å²) in [5.74, 6) is 0.233. The summed E-state index contributed by atoms with van der Waals surface area (Å²) in [5.41, 5.74) is 3.13. The van der Waals surface area contributed by atoms with Crippen molar-refractivity contribution in [1.82, 2.24) is 4.90 Å². The quantitative estimate of drug-likeness (QED) is 0.928. The van der Waals surface area contributed by atoms with E-state index in [-0.39, 0.29) is 11.8 Å². The maximum Gasteiger partial charge on any atom is 0.228 e. The second kappa shape index (κ2) is 6.39. The number of fused-ring (bicyclic) bond motifs is 1. The van der Waals surface area contributed by atoms with Crippen molar-refractivity contribution in [1.29, 1.82) is 5.26 Å². The molecule has 0 bridgehead atoms. The Morgan fingerprint density at radius 2 is 2.12 bits per heavy atom. The number of nitrogens with zero attached hydrogens (tertiary/aromatic N) is 2. The molecule has 5 heteroatoms. The fraction of sp³-hybridized carbons (Fsp3) is 0.368. The third kappa shape index (κ3) is 3.08. The number of nitriles is 1. The summed E-state index contributed by atoms with van der Waals surface area (Å²) in [4.78, 5) is 15.7. The lowest BCUT2D eigenvalue weighted by atomic mass is 10.0. The van der Waals surface area contributed by atoms with E-state index in [9.17, 15) is 10.1 Å². The molecule has 1 aliphatic heterocycles. The van der Waals surface area contributed by atoms with Crippen LogP contribution in [-0.4, -0.2) is 17.4 Å². The number of carbonyl (C=O) groups excluding carboxylic acids is 1. The maximum absolute atomic E-state index is 12.0. The first kappa shape index (κ1) is 15.4. The Hall–Kier alpha value is -2.16. The molecule has 1 amide bonds. The zero-order valence-electron chi connectivity index (χ0n) is 13.4. The van der Waals surface area contributed by atoms with Crippen LogP contribution in [0.4, 0.5) is 5.00 Å². The molecule has 1 N–H and O–H groups in total. The monoisotopic (exact) mass is 337 g/mol. The normalized spacial score (nSPS) is 17.1. The van der Waals surface area contributed by atoms with Gasteiger partial charge in [-0.15, -0.1) is 11.3 Å². The van der Waals surface area contributed by atoms with E-state index in [0.29, 0.717) is 5.56 Å². The number of nitrogens with one attached hydrogen (secondary N) is 1. The van der Waals surface area contributed by atoms with Crippen molar-refractivity contribution < 1.29 is 4.79 Å². The number of carbonyl (C=O) groups is 1. The highest BCUT2D eigenvalue weighted by atomic mass is 32.1. The van der Waals surface area contributed by atoms with Gasteiger partial charge in [0, 0.05) is 30.4 Å². The average Bonchev–Trinajstić information content (AvgIpc) is 3.38. The molecule has 1 saturated carbocycles. The first-order chi connectivity index (χ1) is 11.7. The molecule has 122 valence electrons. The minimum absolute atomic E-state index is 0.0752. The van der Waals surface area contributed by atoms with Crippen LogP contribution < -0.4 is 5.32 Å². The lowest BCUT2D eigenvalue weighted by Gasteiger charge is -2.26. The first-order valence-corrected chi connectivity index (χ1v) is 9.18. The number of rotatable bonds is 4. The van der Waals surface area contributed by atoms with E-state index in [2.05, 4.69) is 40.6 Å². The summed E-state index contributed by atoms with van der Waals surface area (Å²) in [6.07, 6.45) is 2.83. The zero-order chi connectivity index (χ0) is 16.5. The maximum atomic E-state index is 12.0. The third-order valence-corrected chi connectivity index (χ3v) is 5.81. The summed E-state index contributed by atoms with van der Waals surface area (Å²) in [6, 6.07) is 12.8. The van der Waals surface area contributed by atoms with E-state index >= 15 is 0 Å². The third-order valence-electron chi connectivity index (χ3n) is 4.68. The summed E-state index contributed by atoms with van der Waals surface area (Å²) in [5, 5.41) is 13.3. The molecule has 1 aliphatic carbocycles. The lowest BCUT2D eigenvalue weighted by molar-refractivity contribution is -0.117. The van der Waals surface area contributed by atoms with E-state index in [1.165, 1.54) is 10.4 Å². The van der Waals surface area contributed by atoms with Gasteiger partial charge in [-0.2, -0.15) is 5.26 Å². The van der Waals surface area contributed by atoms with Crippen molar-refractivity contribution in [2.45, 2.75) is 32.4 Å². The number of thiophene rings is 1. The molecule has 4 nitrogen and oxygen atoms in total. The van der Waals surface area contributed by atoms with Crippen molar-refractivity contribution in [3.05, 3.63) is 51.9 Å². The van der Waals surface area contributed by atoms with Gasteiger partial charge in [0.05, 0.1) is 5.56 Å². The smallest absolute Gasteiger partial charge is 0.228 e. The van der Waals surface area contributed by atoms with Gasteiger partial charge in [0.15, 0.2) is 0 Å². The van der Waals surface area contributed by atoms with Gasteiger partial charge in [-0.25, -0.2) is 0 Å². The molecule has 0 atom stereocenters. The van der Waals surface area contributed by atoms with Crippen LogP contribution in [0.2, 0.25) is 0 Å². The predicted octanol–water partition coefficient (Wildman–Crippen LogP) is 3.53. The van der Waals surface area contributed by atoms with Gasteiger partial charge >= 0.3 is 0 Å². The fourth-order valence-electron chi connectivity index (χ4n) is 3.20. The first-order valence-electron chi connectivity index (χ1n) is 8.36. The predicted molar refractivity (Wildman–Crippen MR) is 94.6 cm³/mol. The Kier molecular flexibility index (Phi) is 4.09. The Labute approximate surface area is 145 Å². The van der Waals surface area contributed by atoms with Crippen LogP contribution in [0.25, 0.3) is 0 Å². The van der Waals surface area contributed by atoms with Gasteiger partial charge in [0.1, 0.15) is 11.1 Å². The molecular formula is C19H19N3OS. The number of anilines is 1. The second-order valence-corrected chi connectivity index (χ2v) is 7.63. The van der Waals surface area contributed by atoms with Crippen LogP contribution in [0, 0.1) is 17.2 Å². The second-order valence-electron chi connectivity index (χ2n) is 6.53. The highest BCUT2D eigenvalue weighted by Gasteiger charge is 2.32. The number of amides is 1. The standard InChI is InChI=1S/C19H19N3OS/c20-10-16-15-8-9-22(11-13-4-2-1-3-5-13)12-17(15)24-19(16)21-18(23)14-6-7-14/h1-5,14H,6-9,11-12H2,(H,21,23). The van der Waals surface area contributed by atoms with Gasteiger partial charge in [-0.1, -0.05) is 30.3 Å². The summed E-state index contributed by atoms with van der Waals surface area (Å²) >= 11 is 1.58. The minimum atomic E-state index is 0.0752. The molecular weight excluding hydrogens is 318 g/mol.